The number of aryl methyl sites for hydroxylation is 1. The van der Waals surface area contributed by atoms with Crippen molar-refractivity contribution in [2.75, 3.05) is 13.6 Å². The summed E-state index contributed by atoms with van der Waals surface area (Å²) in [6.45, 7) is 3.74. The minimum absolute atomic E-state index is 0.259. The van der Waals surface area contributed by atoms with Gasteiger partial charge >= 0.3 is 0 Å². The highest BCUT2D eigenvalue weighted by Gasteiger charge is 2.18. The number of hydrogen-bond acceptors (Lipinski definition) is 2. The number of aromatic nitrogens is 2. The van der Waals surface area contributed by atoms with Crippen molar-refractivity contribution in [3.05, 3.63) is 53.2 Å². The molecule has 0 amide bonds. The maximum Gasteiger partial charge on any atom is 0.145 e. The van der Waals surface area contributed by atoms with E-state index in [0.29, 0.717) is 5.69 Å². The first kappa shape index (κ1) is 13.5. The van der Waals surface area contributed by atoms with Gasteiger partial charge in [0.1, 0.15) is 5.82 Å². The van der Waals surface area contributed by atoms with Crippen molar-refractivity contribution >= 4 is 10.9 Å². The van der Waals surface area contributed by atoms with Crippen LogP contribution in [0.25, 0.3) is 22.0 Å². The van der Waals surface area contributed by atoms with Crippen molar-refractivity contribution in [2.24, 2.45) is 0 Å². The molecule has 4 heteroatoms. The zero-order valence-electron chi connectivity index (χ0n) is 12.8. The fourth-order valence-electron chi connectivity index (χ4n) is 3.20. The van der Waals surface area contributed by atoms with E-state index >= 15 is 0 Å². The van der Waals surface area contributed by atoms with Gasteiger partial charge in [0, 0.05) is 47.9 Å². The Morgan fingerprint density at radius 1 is 1.23 bits per heavy atom. The molecule has 1 N–H and O–H groups in total. The SMILES string of the molecule is Cc1ncc(-c2ccc3c4c([nH]c3c2)CCN(C)C4)cc1F. The summed E-state index contributed by atoms with van der Waals surface area (Å²) in [5.74, 6) is -0.259. The first-order valence-corrected chi connectivity index (χ1v) is 7.56. The molecular formula is C18H18FN3. The Kier molecular flexibility index (Phi) is 3.01. The molecule has 2 aromatic heterocycles. The molecule has 4 rings (SSSR count). The molecule has 0 radical (unpaired) electrons. The van der Waals surface area contributed by atoms with Crippen molar-refractivity contribution in [1.82, 2.24) is 14.9 Å². The number of H-pyrrole nitrogens is 1. The molecule has 1 aliphatic rings. The van der Waals surface area contributed by atoms with Crippen LogP contribution in [0.15, 0.2) is 30.5 Å². The fourth-order valence-corrected chi connectivity index (χ4v) is 3.20. The number of aromatic amines is 1. The molecule has 3 aromatic rings. The Hall–Kier alpha value is -2.20. The number of nitrogens with one attached hydrogen (secondary N) is 1. The molecule has 1 aromatic carbocycles. The van der Waals surface area contributed by atoms with Crippen LogP contribution in [0.4, 0.5) is 4.39 Å². The normalized spacial score (nSPS) is 15.2. The molecule has 0 fully saturated rings. The molecule has 3 nitrogen and oxygen atoms in total. The molecule has 3 heterocycles. The lowest BCUT2D eigenvalue weighted by molar-refractivity contribution is 0.313. The Morgan fingerprint density at radius 3 is 2.91 bits per heavy atom. The molecule has 1 aliphatic heterocycles. The minimum atomic E-state index is -0.259. The van der Waals surface area contributed by atoms with Gasteiger partial charge in [0.25, 0.3) is 0 Å². The quantitative estimate of drug-likeness (QED) is 0.743. The van der Waals surface area contributed by atoms with Crippen LogP contribution < -0.4 is 0 Å². The summed E-state index contributed by atoms with van der Waals surface area (Å²) in [5.41, 5.74) is 6.09. The monoisotopic (exact) mass is 295 g/mol. The van der Waals surface area contributed by atoms with Crippen molar-refractivity contribution < 1.29 is 4.39 Å². The van der Waals surface area contributed by atoms with Crippen LogP contribution in [0.3, 0.4) is 0 Å². The zero-order chi connectivity index (χ0) is 15.3. The zero-order valence-corrected chi connectivity index (χ0v) is 12.8. The Labute approximate surface area is 128 Å². The summed E-state index contributed by atoms with van der Waals surface area (Å²) in [5, 5.41) is 1.27. The predicted molar refractivity (Wildman–Crippen MR) is 86.3 cm³/mol. The van der Waals surface area contributed by atoms with Crippen molar-refractivity contribution in [2.45, 2.75) is 19.9 Å². The number of halogens is 1. The Bertz CT molecular complexity index is 866. The molecule has 0 saturated carbocycles. The van der Waals surface area contributed by atoms with Crippen LogP contribution in [0.2, 0.25) is 0 Å². The molecular weight excluding hydrogens is 277 g/mol. The lowest BCUT2D eigenvalue weighted by Crippen LogP contribution is -2.25. The fraction of sp³-hybridized carbons (Fsp3) is 0.278. The van der Waals surface area contributed by atoms with Crippen LogP contribution >= 0.6 is 0 Å². The van der Waals surface area contributed by atoms with E-state index < -0.39 is 0 Å². The van der Waals surface area contributed by atoms with Gasteiger partial charge in [-0.25, -0.2) is 4.39 Å². The average Bonchev–Trinajstić information content (AvgIpc) is 2.87. The smallest absolute Gasteiger partial charge is 0.145 e. The lowest BCUT2D eigenvalue weighted by atomic mass is 10.0. The van der Waals surface area contributed by atoms with E-state index in [9.17, 15) is 4.39 Å². The average molecular weight is 295 g/mol. The summed E-state index contributed by atoms with van der Waals surface area (Å²) < 4.78 is 13.7. The molecule has 0 aliphatic carbocycles. The largest absolute Gasteiger partial charge is 0.358 e. The third kappa shape index (κ3) is 2.11. The molecule has 0 unspecified atom stereocenters. The highest BCUT2D eigenvalue weighted by molar-refractivity contribution is 5.88. The number of fused-ring (bicyclic) bond motifs is 3. The van der Waals surface area contributed by atoms with Gasteiger partial charge in [-0.1, -0.05) is 12.1 Å². The topological polar surface area (TPSA) is 31.9 Å². The first-order valence-electron chi connectivity index (χ1n) is 7.56. The molecule has 0 atom stereocenters. The number of pyridine rings is 1. The van der Waals surface area contributed by atoms with Crippen LogP contribution in [-0.4, -0.2) is 28.5 Å². The van der Waals surface area contributed by atoms with Gasteiger partial charge < -0.3 is 9.88 Å². The second-order valence-electron chi connectivity index (χ2n) is 6.12. The van der Waals surface area contributed by atoms with Crippen LogP contribution in [0, 0.1) is 12.7 Å². The summed E-state index contributed by atoms with van der Waals surface area (Å²) in [7, 11) is 2.15. The molecule has 0 saturated heterocycles. The highest BCUT2D eigenvalue weighted by Crippen LogP contribution is 2.30. The maximum atomic E-state index is 13.7. The Balaban J connectivity index is 1.82. The number of likely N-dealkylation sites (N-methyl/N-ethyl adjacent to an activating group) is 1. The molecule has 112 valence electrons. The van der Waals surface area contributed by atoms with Crippen LogP contribution in [0.1, 0.15) is 17.0 Å². The van der Waals surface area contributed by atoms with Crippen LogP contribution in [0.5, 0.6) is 0 Å². The third-order valence-corrected chi connectivity index (χ3v) is 4.52. The number of rotatable bonds is 1. The number of nitrogens with zero attached hydrogens (tertiary/aromatic N) is 2. The van der Waals surface area contributed by atoms with Crippen LogP contribution in [-0.2, 0) is 13.0 Å². The number of hydrogen-bond donors (Lipinski definition) is 1. The lowest BCUT2D eigenvalue weighted by Gasteiger charge is -2.22. The van der Waals surface area contributed by atoms with Crippen molar-refractivity contribution in [1.29, 1.82) is 0 Å². The van der Waals surface area contributed by atoms with E-state index in [1.54, 1.807) is 19.2 Å². The summed E-state index contributed by atoms with van der Waals surface area (Å²) in [4.78, 5) is 9.99. The molecule has 0 bridgehead atoms. The minimum Gasteiger partial charge on any atom is -0.358 e. The second kappa shape index (κ2) is 4.92. The van der Waals surface area contributed by atoms with E-state index in [-0.39, 0.29) is 5.82 Å². The van der Waals surface area contributed by atoms with Gasteiger partial charge in [0.15, 0.2) is 0 Å². The van der Waals surface area contributed by atoms with E-state index in [4.69, 9.17) is 0 Å². The second-order valence-corrected chi connectivity index (χ2v) is 6.12. The summed E-state index contributed by atoms with van der Waals surface area (Å²) in [6, 6.07) is 7.84. The van der Waals surface area contributed by atoms with E-state index in [1.165, 1.54) is 16.6 Å². The van der Waals surface area contributed by atoms with Gasteiger partial charge in [0.2, 0.25) is 0 Å². The maximum absolute atomic E-state index is 13.7. The molecule has 22 heavy (non-hydrogen) atoms. The standard InChI is InChI=1S/C18H18FN3/c1-11-16(19)7-13(9-20-11)12-3-4-14-15-10-22(2)6-5-17(15)21-18(14)8-12/h3-4,7-9,21H,5-6,10H2,1-2H3. The third-order valence-electron chi connectivity index (χ3n) is 4.52. The van der Waals surface area contributed by atoms with Gasteiger partial charge in [-0.2, -0.15) is 0 Å². The summed E-state index contributed by atoms with van der Waals surface area (Å²) >= 11 is 0. The van der Waals surface area contributed by atoms with Gasteiger partial charge in [-0.15, -0.1) is 0 Å². The highest BCUT2D eigenvalue weighted by atomic mass is 19.1. The van der Waals surface area contributed by atoms with Crippen molar-refractivity contribution in [3.8, 4) is 11.1 Å². The molecule has 0 spiro atoms. The van der Waals surface area contributed by atoms with Crippen molar-refractivity contribution in [3.63, 3.8) is 0 Å². The predicted octanol–water partition coefficient (Wildman–Crippen LogP) is 3.67. The number of benzene rings is 1. The first-order chi connectivity index (χ1) is 10.6. The van der Waals surface area contributed by atoms with Gasteiger partial charge in [0.05, 0.1) is 5.69 Å². The van der Waals surface area contributed by atoms with Gasteiger partial charge in [-0.3, -0.25) is 4.98 Å². The van der Waals surface area contributed by atoms with Gasteiger partial charge in [-0.05, 0) is 37.2 Å². The summed E-state index contributed by atoms with van der Waals surface area (Å²) in [6.07, 6.45) is 2.78. The Morgan fingerprint density at radius 2 is 2.09 bits per heavy atom. The van der Waals surface area contributed by atoms with E-state index in [2.05, 4.69) is 40.1 Å². The van der Waals surface area contributed by atoms with E-state index in [0.717, 1.165) is 36.2 Å². The van der Waals surface area contributed by atoms with E-state index in [1.807, 2.05) is 0 Å².